The molecule has 0 aromatic heterocycles. The van der Waals surface area contributed by atoms with Crippen molar-refractivity contribution >= 4 is 11.8 Å². The number of hydrogen-bond acceptors (Lipinski definition) is 3. The van der Waals surface area contributed by atoms with Crippen LogP contribution in [0.4, 0.5) is 0 Å². The molecule has 20 heavy (non-hydrogen) atoms. The molecule has 1 aliphatic heterocycles. The van der Waals surface area contributed by atoms with Crippen molar-refractivity contribution < 1.29 is 9.59 Å². The van der Waals surface area contributed by atoms with E-state index in [4.69, 9.17) is 0 Å². The second kappa shape index (κ2) is 7.07. The van der Waals surface area contributed by atoms with E-state index in [1.54, 1.807) is 19.0 Å². The number of likely N-dealkylation sites (N-methyl/N-ethyl adjacent to an activating group) is 1. The Morgan fingerprint density at radius 1 is 1.30 bits per heavy atom. The van der Waals surface area contributed by atoms with Gasteiger partial charge in [0.05, 0.1) is 12.6 Å². The van der Waals surface area contributed by atoms with Gasteiger partial charge in [0.25, 0.3) is 0 Å². The Labute approximate surface area is 122 Å². The van der Waals surface area contributed by atoms with Crippen molar-refractivity contribution in [3.63, 3.8) is 0 Å². The van der Waals surface area contributed by atoms with Gasteiger partial charge in [-0.3, -0.25) is 14.5 Å². The van der Waals surface area contributed by atoms with E-state index in [0.29, 0.717) is 13.1 Å². The van der Waals surface area contributed by atoms with E-state index in [0.717, 1.165) is 25.8 Å². The van der Waals surface area contributed by atoms with E-state index in [1.807, 2.05) is 4.90 Å². The number of carbonyl (C=O) groups is 2. The van der Waals surface area contributed by atoms with E-state index in [-0.39, 0.29) is 23.3 Å². The molecule has 1 heterocycles. The highest BCUT2D eigenvalue weighted by Gasteiger charge is 2.32. The maximum absolute atomic E-state index is 12.0. The summed E-state index contributed by atoms with van der Waals surface area (Å²) >= 11 is 0. The van der Waals surface area contributed by atoms with Crippen LogP contribution in [0.15, 0.2) is 0 Å². The van der Waals surface area contributed by atoms with E-state index in [1.165, 1.54) is 0 Å². The zero-order valence-corrected chi connectivity index (χ0v) is 13.5. The zero-order chi connectivity index (χ0) is 15.3. The van der Waals surface area contributed by atoms with Crippen LogP contribution in [0.3, 0.4) is 0 Å². The summed E-state index contributed by atoms with van der Waals surface area (Å²) in [4.78, 5) is 27.6. The van der Waals surface area contributed by atoms with Gasteiger partial charge in [0.15, 0.2) is 0 Å². The van der Waals surface area contributed by atoms with E-state index >= 15 is 0 Å². The highest BCUT2D eigenvalue weighted by Crippen LogP contribution is 2.19. The molecule has 0 aromatic carbocycles. The van der Waals surface area contributed by atoms with Gasteiger partial charge in [-0.2, -0.15) is 0 Å². The molecule has 0 spiro atoms. The summed E-state index contributed by atoms with van der Waals surface area (Å²) in [7, 11) is 3.53. The lowest BCUT2D eigenvalue weighted by Gasteiger charge is -2.25. The van der Waals surface area contributed by atoms with Gasteiger partial charge in [0, 0.05) is 20.6 Å². The highest BCUT2D eigenvalue weighted by molar-refractivity contribution is 5.83. The minimum atomic E-state index is -0.127. The van der Waals surface area contributed by atoms with Gasteiger partial charge in [0.2, 0.25) is 11.8 Å². The van der Waals surface area contributed by atoms with Crippen LogP contribution in [0.5, 0.6) is 0 Å². The predicted molar refractivity (Wildman–Crippen MR) is 80.4 cm³/mol. The number of carbonyl (C=O) groups excluding carboxylic acids is 2. The zero-order valence-electron chi connectivity index (χ0n) is 13.5. The lowest BCUT2D eigenvalue weighted by Crippen LogP contribution is -2.46. The van der Waals surface area contributed by atoms with Gasteiger partial charge in [-0.25, -0.2) is 0 Å². The number of amides is 2. The largest absolute Gasteiger partial charge is 0.355 e. The van der Waals surface area contributed by atoms with Crippen LogP contribution in [0.1, 0.15) is 40.0 Å². The van der Waals surface area contributed by atoms with Crippen molar-refractivity contribution in [1.29, 1.82) is 0 Å². The summed E-state index contributed by atoms with van der Waals surface area (Å²) in [5.41, 5.74) is 0.227. The van der Waals surface area contributed by atoms with Crippen LogP contribution >= 0.6 is 0 Å². The summed E-state index contributed by atoms with van der Waals surface area (Å²) in [6.45, 7) is 8.33. The number of likely N-dealkylation sites (tertiary alicyclic amines) is 1. The molecular weight excluding hydrogens is 254 g/mol. The first-order chi connectivity index (χ1) is 9.20. The fraction of sp³-hybridized carbons (Fsp3) is 0.867. The van der Waals surface area contributed by atoms with Crippen LogP contribution in [-0.4, -0.2) is 61.4 Å². The monoisotopic (exact) mass is 283 g/mol. The second-order valence-corrected chi connectivity index (χ2v) is 7.02. The number of hydrogen-bond donors (Lipinski definition) is 1. The first-order valence-corrected chi connectivity index (χ1v) is 7.42. The number of rotatable bonds is 5. The molecule has 2 amide bonds. The molecule has 0 saturated carbocycles. The Balaban J connectivity index is 2.39. The lowest BCUT2D eigenvalue weighted by atomic mass is 9.92. The minimum absolute atomic E-state index is 0.0210. The molecular formula is C15H29N3O2. The molecule has 116 valence electrons. The Bertz CT molecular complexity index is 348. The first-order valence-electron chi connectivity index (χ1n) is 7.42. The Morgan fingerprint density at radius 2 is 1.95 bits per heavy atom. The Kier molecular flexibility index (Phi) is 5.99. The molecule has 1 aliphatic rings. The van der Waals surface area contributed by atoms with Crippen LogP contribution in [0.2, 0.25) is 0 Å². The first kappa shape index (κ1) is 17.0. The van der Waals surface area contributed by atoms with Crippen molar-refractivity contribution in [1.82, 2.24) is 15.1 Å². The minimum Gasteiger partial charge on any atom is -0.355 e. The molecule has 0 bridgehead atoms. The van der Waals surface area contributed by atoms with Gasteiger partial charge >= 0.3 is 0 Å². The fourth-order valence-corrected chi connectivity index (χ4v) is 2.41. The van der Waals surface area contributed by atoms with E-state index in [2.05, 4.69) is 26.1 Å². The molecule has 5 heteroatoms. The second-order valence-electron chi connectivity index (χ2n) is 7.02. The highest BCUT2D eigenvalue weighted by atomic mass is 16.2. The molecule has 1 rings (SSSR count). The van der Waals surface area contributed by atoms with Gasteiger partial charge in [0.1, 0.15) is 0 Å². The van der Waals surface area contributed by atoms with E-state index in [9.17, 15) is 9.59 Å². The van der Waals surface area contributed by atoms with Gasteiger partial charge in [-0.05, 0) is 31.2 Å². The average molecular weight is 283 g/mol. The summed E-state index contributed by atoms with van der Waals surface area (Å²) in [6, 6.07) is -0.127. The molecule has 1 N–H and O–H groups in total. The smallest absolute Gasteiger partial charge is 0.239 e. The van der Waals surface area contributed by atoms with Gasteiger partial charge in [-0.15, -0.1) is 0 Å². The predicted octanol–water partition coefficient (Wildman–Crippen LogP) is 1.09. The third-order valence-electron chi connectivity index (χ3n) is 3.63. The third-order valence-corrected chi connectivity index (χ3v) is 3.63. The van der Waals surface area contributed by atoms with E-state index < -0.39 is 0 Å². The van der Waals surface area contributed by atoms with Crippen molar-refractivity contribution in [3.8, 4) is 0 Å². The Morgan fingerprint density at radius 3 is 2.50 bits per heavy atom. The van der Waals surface area contributed by atoms with Crippen molar-refractivity contribution in [2.24, 2.45) is 5.41 Å². The molecule has 0 aromatic rings. The molecule has 1 fully saturated rings. The van der Waals surface area contributed by atoms with Crippen molar-refractivity contribution in [2.75, 3.05) is 33.7 Å². The molecule has 1 unspecified atom stereocenters. The lowest BCUT2D eigenvalue weighted by molar-refractivity contribution is -0.134. The number of nitrogens with zero attached hydrogens (tertiary/aromatic N) is 2. The average Bonchev–Trinajstić information content (AvgIpc) is 2.74. The molecule has 1 atom stereocenters. The SMILES string of the molecule is CN(C)C(=O)C1CCCN1CC(=O)NCCC(C)(C)C. The maximum atomic E-state index is 12.0. The topological polar surface area (TPSA) is 52.7 Å². The summed E-state index contributed by atoms with van der Waals surface area (Å²) in [6.07, 6.45) is 2.80. The van der Waals surface area contributed by atoms with Gasteiger partial charge in [-0.1, -0.05) is 20.8 Å². The van der Waals surface area contributed by atoms with Crippen molar-refractivity contribution in [3.05, 3.63) is 0 Å². The summed E-state index contributed by atoms with van der Waals surface area (Å²) < 4.78 is 0. The van der Waals surface area contributed by atoms with Crippen molar-refractivity contribution in [2.45, 2.75) is 46.1 Å². The van der Waals surface area contributed by atoms with Crippen LogP contribution in [-0.2, 0) is 9.59 Å². The summed E-state index contributed by atoms with van der Waals surface area (Å²) in [5, 5.41) is 2.95. The third kappa shape index (κ3) is 5.49. The molecule has 1 saturated heterocycles. The normalized spacial score (nSPS) is 19.9. The fourth-order valence-electron chi connectivity index (χ4n) is 2.41. The standard InChI is InChI=1S/C15H29N3O2/c1-15(2,3)8-9-16-13(19)11-18-10-6-7-12(18)14(20)17(4)5/h12H,6-11H2,1-5H3,(H,16,19). The summed E-state index contributed by atoms with van der Waals surface area (Å²) in [5.74, 6) is 0.123. The Hall–Kier alpha value is -1.10. The molecule has 0 aliphatic carbocycles. The number of nitrogens with one attached hydrogen (secondary N) is 1. The molecule has 5 nitrogen and oxygen atoms in total. The maximum Gasteiger partial charge on any atom is 0.239 e. The van der Waals surface area contributed by atoms with Crippen LogP contribution in [0.25, 0.3) is 0 Å². The molecule has 0 radical (unpaired) electrons. The van der Waals surface area contributed by atoms with Gasteiger partial charge < -0.3 is 10.2 Å². The van der Waals surface area contributed by atoms with Crippen LogP contribution < -0.4 is 5.32 Å². The quantitative estimate of drug-likeness (QED) is 0.822. The van der Waals surface area contributed by atoms with Crippen LogP contribution in [0, 0.1) is 5.41 Å².